The van der Waals surface area contributed by atoms with Crippen LogP contribution < -0.4 is 5.32 Å². The molecule has 2 nitrogen and oxygen atoms in total. The molecule has 106 valence electrons. The molecule has 0 spiro atoms. The lowest BCUT2D eigenvalue weighted by molar-refractivity contribution is -0.115. The zero-order chi connectivity index (χ0) is 14.7. The molecule has 2 aromatic rings. The van der Waals surface area contributed by atoms with E-state index in [0.717, 1.165) is 24.0 Å². The monoisotopic (exact) mass is 297 g/mol. The zero-order valence-corrected chi connectivity index (χ0v) is 12.3. The number of hydrogen-bond donors (Lipinski definition) is 1. The minimum absolute atomic E-state index is 0.0244. The fraction of sp³-hybridized carbons (Fsp3) is 0.167. The summed E-state index contributed by atoms with van der Waals surface area (Å²) in [5.74, 6) is -0.0244. The van der Waals surface area contributed by atoms with Crippen LogP contribution >= 0.6 is 11.6 Å². The lowest BCUT2D eigenvalue weighted by Gasteiger charge is -2.09. The number of amides is 1. The molecule has 1 fully saturated rings. The van der Waals surface area contributed by atoms with Crippen molar-refractivity contribution < 1.29 is 4.79 Å². The molecular formula is C18H16ClNO. The number of carbonyl (C=O) groups excluding carboxylic acids is 1. The first-order valence-electron chi connectivity index (χ1n) is 7.06. The van der Waals surface area contributed by atoms with E-state index in [-0.39, 0.29) is 5.91 Å². The van der Waals surface area contributed by atoms with Crippen LogP contribution in [0.15, 0.2) is 54.6 Å². The van der Waals surface area contributed by atoms with E-state index in [1.165, 1.54) is 0 Å². The molecule has 1 amide bonds. The van der Waals surface area contributed by atoms with Crippen LogP contribution in [0.25, 0.3) is 11.6 Å². The van der Waals surface area contributed by atoms with E-state index in [9.17, 15) is 4.79 Å². The van der Waals surface area contributed by atoms with Crippen LogP contribution in [0.3, 0.4) is 0 Å². The average molecular weight is 298 g/mol. The minimum Gasteiger partial charge on any atom is -0.349 e. The smallest absolute Gasteiger partial charge is 0.252 e. The molecule has 0 saturated heterocycles. The Morgan fingerprint density at radius 3 is 2.33 bits per heavy atom. The van der Waals surface area contributed by atoms with Gasteiger partial charge in [-0.3, -0.25) is 4.79 Å². The summed E-state index contributed by atoms with van der Waals surface area (Å²) >= 11 is 5.93. The largest absolute Gasteiger partial charge is 0.349 e. The number of halogens is 1. The van der Waals surface area contributed by atoms with Gasteiger partial charge in [0, 0.05) is 16.6 Å². The Hall–Kier alpha value is -2.06. The summed E-state index contributed by atoms with van der Waals surface area (Å²) in [6.45, 7) is 0. The number of nitrogens with one attached hydrogen (secondary N) is 1. The van der Waals surface area contributed by atoms with Crippen LogP contribution in [0, 0.1) is 0 Å². The van der Waals surface area contributed by atoms with Gasteiger partial charge in [0.05, 0.1) is 0 Å². The van der Waals surface area contributed by atoms with Crippen LogP contribution in [0.1, 0.15) is 24.0 Å². The molecule has 3 rings (SSSR count). The van der Waals surface area contributed by atoms with Crippen molar-refractivity contribution in [2.45, 2.75) is 18.9 Å². The van der Waals surface area contributed by atoms with Crippen molar-refractivity contribution in [1.29, 1.82) is 0 Å². The van der Waals surface area contributed by atoms with Gasteiger partial charge in [0.2, 0.25) is 0 Å². The van der Waals surface area contributed by atoms with E-state index < -0.39 is 0 Å². The maximum Gasteiger partial charge on any atom is 0.252 e. The van der Waals surface area contributed by atoms with Crippen LogP contribution in [-0.4, -0.2) is 11.9 Å². The van der Waals surface area contributed by atoms with E-state index in [1.54, 1.807) is 12.1 Å². The summed E-state index contributed by atoms with van der Waals surface area (Å²) in [5, 5.41) is 3.71. The van der Waals surface area contributed by atoms with Crippen LogP contribution in [0.2, 0.25) is 5.02 Å². The summed E-state index contributed by atoms with van der Waals surface area (Å²) in [4.78, 5) is 12.5. The van der Waals surface area contributed by atoms with Gasteiger partial charge in [0.1, 0.15) is 0 Å². The second-order valence-electron chi connectivity index (χ2n) is 5.22. The van der Waals surface area contributed by atoms with Crippen molar-refractivity contribution in [3.05, 3.63) is 70.7 Å². The van der Waals surface area contributed by atoms with Crippen LogP contribution in [0.4, 0.5) is 0 Å². The number of rotatable bonds is 4. The van der Waals surface area contributed by atoms with Gasteiger partial charge in [-0.15, -0.1) is 0 Å². The van der Waals surface area contributed by atoms with E-state index in [2.05, 4.69) is 5.32 Å². The SMILES string of the molecule is O=C(NC1CC1)C(=Cc1ccccc1)c1ccc(Cl)cc1. The molecule has 0 atom stereocenters. The molecule has 0 unspecified atom stereocenters. The second-order valence-corrected chi connectivity index (χ2v) is 5.66. The number of benzene rings is 2. The van der Waals surface area contributed by atoms with Gasteiger partial charge in [-0.1, -0.05) is 54.1 Å². The zero-order valence-electron chi connectivity index (χ0n) is 11.6. The van der Waals surface area contributed by atoms with Gasteiger partial charge in [-0.25, -0.2) is 0 Å². The topological polar surface area (TPSA) is 29.1 Å². The molecule has 1 aliphatic rings. The van der Waals surface area contributed by atoms with Crippen molar-refractivity contribution in [3.63, 3.8) is 0 Å². The van der Waals surface area contributed by atoms with Gasteiger partial charge in [-0.05, 0) is 42.2 Å². The van der Waals surface area contributed by atoms with Crippen molar-refractivity contribution in [2.24, 2.45) is 0 Å². The normalized spacial score (nSPS) is 14.8. The fourth-order valence-corrected chi connectivity index (χ4v) is 2.24. The second kappa shape index (κ2) is 6.15. The predicted octanol–water partition coefficient (Wildman–Crippen LogP) is 4.16. The molecule has 21 heavy (non-hydrogen) atoms. The van der Waals surface area contributed by atoms with E-state index in [0.29, 0.717) is 16.6 Å². The van der Waals surface area contributed by atoms with Crippen molar-refractivity contribution in [3.8, 4) is 0 Å². The third-order valence-corrected chi connectivity index (χ3v) is 3.67. The van der Waals surface area contributed by atoms with Crippen molar-refractivity contribution >= 4 is 29.2 Å². The highest BCUT2D eigenvalue weighted by atomic mass is 35.5. The predicted molar refractivity (Wildman–Crippen MR) is 86.9 cm³/mol. The molecule has 3 heteroatoms. The maximum absolute atomic E-state index is 12.5. The highest BCUT2D eigenvalue weighted by Crippen LogP contribution is 2.24. The average Bonchev–Trinajstić information content (AvgIpc) is 3.31. The number of hydrogen-bond acceptors (Lipinski definition) is 1. The molecule has 1 saturated carbocycles. The first kappa shape index (κ1) is 13.9. The lowest BCUT2D eigenvalue weighted by atomic mass is 10.0. The Kier molecular flexibility index (Phi) is 4.07. The van der Waals surface area contributed by atoms with Gasteiger partial charge >= 0.3 is 0 Å². The van der Waals surface area contributed by atoms with Crippen LogP contribution in [-0.2, 0) is 4.79 Å². The molecule has 0 radical (unpaired) electrons. The lowest BCUT2D eigenvalue weighted by Crippen LogP contribution is -2.26. The quantitative estimate of drug-likeness (QED) is 0.666. The molecule has 1 N–H and O–H groups in total. The van der Waals surface area contributed by atoms with Gasteiger partial charge in [0.15, 0.2) is 0 Å². The molecule has 1 aliphatic carbocycles. The highest BCUT2D eigenvalue weighted by molar-refractivity contribution is 6.31. The Balaban J connectivity index is 1.95. The maximum atomic E-state index is 12.5. The van der Waals surface area contributed by atoms with E-state index >= 15 is 0 Å². The third kappa shape index (κ3) is 3.73. The number of carbonyl (C=O) groups is 1. The Morgan fingerprint density at radius 2 is 1.71 bits per heavy atom. The first-order valence-corrected chi connectivity index (χ1v) is 7.44. The Bertz CT molecular complexity index is 657. The fourth-order valence-electron chi connectivity index (χ4n) is 2.12. The van der Waals surface area contributed by atoms with Crippen LogP contribution in [0.5, 0.6) is 0 Å². The summed E-state index contributed by atoms with van der Waals surface area (Å²) in [7, 11) is 0. The summed E-state index contributed by atoms with van der Waals surface area (Å²) in [6.07, 6.45) is 4.07. The molecule has 0 heterocycles. The molecule has 0 bridgehead atoms. The Labute approximate surface area is 129 Å². The molecule has 0 aromatic heterocycles. The summed E-state index contributed by atoms with van der Waals surface area (Å²) < 4.78 is 0. The standard InChI is InChI=1S/C18H16ClNO/c19-15-8-6-14(7-9-15)17(18(21)20-16-10-11-16)12-13-4-2-1-3-5-13/h1-9,12,16H,10-11H2,(H,20,21). The third-order valence-electron chi connectivity index (χ3n) is 3.42. The molecule has 2 aromatic carbocycles. The van der Waals surface area contributed by atoms with Crippen molar-refractivity contribution in [1.82, 2.24) is 5.32 Å². The molecule has 0 aliphatic heterocycles. The van der Waals surface area contributed by atoms with Gasteiger partial charge in [0.25, 0.3) is 5.91 Å². The first-order chi connectivity index (χ1) is 10.2. The van der Waals surface area contributed by atoms with Gasteiger partial charge in [-0.2, -0.15) is 0 Å². The van der Waals surface area contributed by atoms with Gasteiger partial charge < -0.3 is 5.32 Å². The highest BCUT2D eigenvalue weighted by Gasteiger charge is 2.25. The summed E-state index contributed by atoms with van der Waals surface area (Å²) in [6, 6.07) is 17.6. The van der Waals surface area contributed by atoms with E-state index in [1.807, 2.05) is 48.5 Å². The Morgan fingerprint density at radius 1 is 1.05 bits per heavy atom. The van der Waals surface area contributed by atoms with E-state index in [4.69, 9.17) is 11.6 Å². The summed E-state index contributed by atoms with van der Waals surface area (Å²) in [5.41, 5.74) is 2.56. The minimum atomic E-state index is -0.0244. The molecular weight excluding hydrogens is 282 g/mol. The van der Waals surface area contributed by atoms with Crippen molar-refractivity contribution in [2.75, 3.05) is 0 Å².